The molecular weight excluding hydrogens is 274 g/mol. The highest BCUT2D eigenvalue weighted by molar-refractivity contribution is 5.47. The van der Waals surface area contributed by atoms with Gasteiger partial charge in [0.1, 0.15) is 17.5 Å². The Hall–Kier alpha value is -1.62. The van der Waals surface area contributed by atoms with Gasteiger partial charge in [-0.3, -0.25) is 0 Å². The molecule has 1 aliphatic rings. The molecule has 2 rings (SSSR count). The van der Waals surface area contributed by atoms with E-state index in [1.807, 2.05) is 13.0 Å². The molecule has 22 heavy (non-hydrogen) atoms. The lowest BCUT2D eigenvalue weighted by molar-refractivity contribution is 0.425. The zero-order chi connectivity index (χ0) is 15.8. The number of nitrogens with one attached hydrogen (secondary N) is 2. The number of nitrogens with zero attached hydrogens (tertiary/aromatic N) is 3. The zero-order valence-corrected chi connectivity index (χ0v) is 14.2. The van der Waals surface area contributed by atoms with Gasteiger partial charge in [-0.1, -0.05) is 11.6 Å². The Morgan fingerprint density at radius 3 is 2.45 bits per heavy atom. The van der Waals surface area contributed by atoms with Crippen molar-refractivity contribution in [3.63, 3.8) is 0 Å². The minimum absolute atomic E-state index is 0.800. The lowest BCUT2D eigenvalue weighted by Gasteiger charge is -2.14. The van der Waals surface area contributed by atoms with Crippen LogP contribution in [0.2, 0.25) is 0 Å². The van der Waals surface area contributed by atoms with Gasteiger partial charge in [0.05, 0.1) is 0 Å². The van der Waals surface area contributed by atoms with Crippen LogP contribution in [0.25, 0.3) is 0 Å². The van der Waals surface area contributed by atoms with Gasteiger partial charge in [-0.2, -0.15) is 0 Å². The summed E-state index contributed by atoms with van der Waals surface area (Å²) in [5, 5.41) is 6.78. The van der Waals surface area contributed by atoms with Crippen molar-refractivity contribution >= 4 is 11.6 Å². The maximum Gasteiger partial charge on any atom is 0.131 e. The van der Waals surface area contributed by atoms with Crippen LogP contribution in [0.15, 0.2) is 17.7 Å². The van der Waals surface area contributed by atoms with E-state index in [-0.39, 0.29) is 0 Å². The molecule has 0 saturated carbocycles. The molecule has 5 nitrogen and oxygen atoms in total. The molecule has 0 aliphatic heterocycles. The summed E-state index contributed by atoms with van der Waals surface area (Å²) >= 11 is 0. The Balaban J connectivity index is 1.82. The molecule has 0 unspecified atom stereocenters. The molecule has 0 atom stereocenters. The number of anilines is 2. The number of likely N-dealkylation sites (N-methyl/N-ethyl adjacent to an activating group) is 1. The van der Waals surface area contributed by atoms with Gasteiger partial charge < -0.3 is 15.5 Å². The Bertz CT molecular complexity index is 496. The first kappa shape index (κ1) is 16.7. The van der Waals surface area contributed by atoms with Crippen molar-refractivity contribution in [2.24, 2.45) is 0 Å². The van der Waals surface area contributed by atoms with Crippen molar-refractivity contribution in [3.8, 4) is 0 Å². The van der Waals surface area contributed by atoms with Gasteiger partial charge in [0, 0.05) is 25.7 Å². The number of hydrogen-bond donors (Lipinski definition) is 2. The molecule has 2 N–H and O–H groups in total. The first-order chi connectivity index (χ1) is 10.6. The van der Waals surface area contributed by atoms with Crippen LogP contribution in [0.1, 0.15) is 37.9 Å². The number of aryl methyl sites for hydroxylation is 1. The fraction of sp³-hybridized carbons (Fsp3) is 0.647. The summed E-state index contributed by atoms with van der Waals surface area (Å²) in [6.07, 6.45) is 8.74. The third-order valence-electron chi connectivity index (χ3n) is 3.84. The number of aromatic nitrogens is 2. The zero-order valence-electron chi connectivity index (χ0n) is 14.2. The van der Waals surface area contributed by atoms with Crippen molar-refractivity contribution in [2.45, 2.75) is 39.0 Å². The van der Waals surface area contributed by atoms with E-state index in [0.717, 1.165) is 43.5 Å². The molecule has 122 valence electrons. The summed E-state index contributed by atoms with van der Waals surface area (Å²) in [5.41, 5.74) is 1.59. The molecule has 0 spiro atoms. The van der Waals surface area contributed by atoms with Crippen LogP contribution < -0.4 is 10.6 Å². The molecule has 0 fully saturated rings. The Morgan fingerprint density at radius 1 is 1.09 bits per heavy atom. The second-order valence-electron chi connectivity index (χ2n) is 6.20. The van der Waals surface area contributed by atoms with Crippen LogP contribution in [0, 0.1) is 6.92 Å². The van der Waals surface area contributed by atoms with Gasteiger partial charge in [0.25, 0.3) is 0 Å². The summed E-state index contributed by atoms with van der Waals surface area (Å²) in [7, 11) is 4.14. The number of rotatable bonds is 8. The maximum absolute atomic E-state index is 4.47. The van der Waals surface area contributed by atoms with Crippen LogP contribution in [0.5, 0.6) is 0 Å². The summed E-state index contributed by atoms with van der Waals surface area (Å²) in [6, 6.07) is 2.00. The second-order valence-corrected chi connectivity index (χ2v) is 6.20. The van der Waals surface area contributed by atoms with Gasteiger partial charge in [-0.25, -0.2) is 9.97 Å². The highest BCUT2D eigenvalue weighted by Gasteiger charge is 2.05. The van der Waals surface area contributed by atoms with E-state index < -0.39 is 0 Å². The Kier molecular flexibility index (Phi) is 6.65. The fourth-order valence-electron chi connectivity index (χ4n) is 2.64. The predicted molar refractivity (Wildman–Crippen MR) is 93.5 cm³/mol. The van der Waals surface area contributed by atoms with E-state index in [2.05, 4.69) is 45.7 Å². The lowest BCUT2D eigenvalue weighted by atomic mass is 9.97. The van der Waals surface area contributed by atoms with Gasteiger partial charge in [-0.15, -0.1) is 0 Å². The minimum Gasteiger partial charge on any atom is -0.370 e. The van der Waals surface area contributed by atoms with Gasteiger partial charge in [0.15, 0.2) is 0 Å². The van der Waals surface area contributed by atoms with Crippen LogP contribution in [0.3, 0.4) is 0 Å². The third-order valence-corrected chi connectivity index (χ3v) is 3.84. The molecule has 0 bridgehead atoms. The minimum atomic E-state index is 0.800. The van der Waals surface area contributed by atoms with Gasteiger partial charge in [0.2, 0.25) is 0 Å². The van der Waals surface area contributed by atoms with E-state index in [1.165, 1.54) is 25.7 Å². The van der Waals surface area contributed by atoms with Crippen molar-refractivity contribution in [3.05, 3.63) is 23.5 Å². The van der Waals surface area contributed by atoms with Crippen molar-refractivity contribution in [2.75, 3.05) is 44.4 Å². The molecule has 0 aromatic carbocycles. The molecule has 1 aliphatic carbocycles. The number of hydrogen-bond acceptors (Lipinski definition) is 5. The Labute approximate surface area is 134 Å². The van der Waals surface area contributed by atoms with Crippen molar-refractivity contribution in [1.29, 1.82) is 0 Å². The SMILES string of the molecule is Cc1nc(NCCC2=CCCCC2)cc(NCCN(C)C)n1. The quantitative estimate of drug-likeness (QED) is 0.723. The van der Waals surface area contributed by atoms with E-state index in [0.29, 0.717) is 0 Å². The smallest absolute Gasteiger partial charge is 0.131 e. The third kappa shape index (κ3) is 6.02. The first-order valence-electron chi connectivity index (χ1n) is 8.29. The highest BCUT2D eigenvalue weighted by Crippen LogP contribution is 2.20. The molecular formula is C17H29N5. The molecule has 0 radical (unpaired) electrons. The van der Waals surface area contributed by atoms with E-state index in [1.54, 1.807) is 5.57 Å². The van der Waals surface area contributed by atoms with Crippen LogP contribution >= 0.6 is 0 Å². The summed E-state index contributed by atoms with van der Waals surface area (Å²) in [4.78, 5) is 11.1. The monoisotopic (exact) mass is 303 g/mol. The predicted octanol–water partition coefficient (Wildman–Crippen LogP) is 3.06. The van der Waals surface area contributed by atoms with E-state index in [4.69, 9.17) is 0 Å². The molecule has 5 heteroatoms. The molecule has 0 saturated heterocycles. The summed E-state index contributed by atoms with van der Waals surface area (Å²) < 4.78 is 0. The first-order valence-corrected chi connectivity index (χ1v) is 8.29. The molecule has 1 aromatic heterocycles. The second kappa shape index (κ2) is 8.73. The van der Waals surface area contributed by atoms with Crippen molar-refractivity contribution < 1.29 is 0 Å². The van der Waals surface area contributed by atoms with Crippen LogP contribution in [-0.2, 0) is 0 Å². The van der Waals surface area contributed by atoms with E-state index in [9.17, 15) is 0 Å². The fourth-order valence-corrected chi connectivity index (χ4v) is 2.64. The number of allylic oxidation sites excluding steroid dienone is 1. The molecule has 1 heterocycles. The van der Waals surface area contributed by atoms with E-state index >= 15 is 0 Å². The standard InChI is InChI=1S/C17H29N5/c1-14-20-16(13-17(21-14)19-11-12-22(2)3)18-10-9-15-7-5-4-6-8-15/h7,13H,4-6,8-12H2,1-3H3,(H2,18,19,20,21). The van der Waals surface area contributed by atoms with Gasteiger partial charge in [-0.05, 0) is 53.1 Å². The molecule has 0 amide bonds. The Morgan fingerprint density at radius 2 is 1.82 bits per heavy atom. The lowest BCUT2D eigenvalue weighted by Crippen LogP contribution is -2.21. The molecule has 1 aromatic rings. The maximum atomic E-state index is 4.47. The summed E-state index contributed by atoms with van der Waals surface area (Å²) in [5.74, 6) is 2.61. The highest BCUT2D eigenvalue weighted by atomic mass is 15.1. The van der Waals surface area contributed by atoms with Crippen LogP contribution in [-0.4, -0.2) is 48.6 Å². The topological polar surface area (TPSA) is 53.1 Å². The van der Waals surface area contributed by atoms with Crippen molar-refractivity contribution in [1.82, 2.24) is 14.9 Å². The largest absolute Gasteiger partial charge is 0.370 e. The average Bonchev–Trinajstić information content (AvgIpc) is 2.47. The average molecular weight is 303 g/mol. The van der Waals surface area contributed by atoms with Gasteiger partial charge >= 0.3 is 0 Å². The summed E-state index contributed by atoms with van der Waals surface area (Å²) in [6.45, 7) is 4.75. The van der Waals surface area contributed by atoms with Crippen LogP contribution in [0.4, 0.5) is 11.6 Å². The normalized spacial score (nSPS) is 14.8.